The largest absolute Gasteiger partial charge is 0.482 e. The van der Waals surface area contributed by atoms with Gasteiger partial charge in [-0.05, 0) is 38.3 Å². The number of hydrogen-bond acceptors (Lipinski definition) is 5. The molecule has 0 radical (unpaired) electrons. The second-order valence-corrected chi connectivity index (χ2v) is 10.5. The van der Waals surface area contributed by atoms with E-state index in [9.17, 15) is 18.0 Å². The maximum absolute atomic E-state index is 13.1. The van der Waals surface area contributed by atoms with Crippen molar-refractivity contribution in [1.82, 2.24) is 5.32 Å². The lowest BCUT2D eigenvalue weighted by atomic mass is 9.96. The number of amides is 2. The normalized spacial score (nSPS) is 19.2. The van der Waals surface area contributed by atoms with E-state index in [0.29, 0.717) is 17.0 Å². The number of benzene rings is 1. The highest BCUT2D eigenvalue weighted by atomic mass is 32.2. The minimum Gasteiger partial charge on any atom is -0.482 e. The average molecular weight is 423 g/mol. The predicted molar refractivity (Wildman–Crippen MR) is 111 cm³/mol. The molecule has 7 nitrogen and oxygen atoms in total. The lowest BCUT2D eigenvalue weighted by molar-refractivity contribution is -0.122. The van der Waals surface area contributed by atoms with Gasteiger partial charge in [0.25, 0.3) is 5.91 Å². The number of nitrogens with one attached hydrogen (secondary N) is 2. The summed E-state index contributed by atoms with van der Waals surface area (Å²) in [5, 5.41) is 4.85. The predicted octanol–water partition coefficient (Wildman–Crippen LogP) is 3.11. The number of anilines is 1. The smallest absolute Gasteiger partial charge is 0.262 e. The number of carbonyl (C=O) groups is 2. The Bertz CT molecular complexity index is 873. The molecule has 1 unspecified atom stereocenters. The summed E-state index contributed by atoms with van der Waals surface area (Å²) in [6, 6.07) is 3.18. The fourth-order valence-corrected chi connectivity index (χ4v) is 5.58. The van der Waals surface area contributed by atoms with E-state index < -0.39 is 15.1 Å². The molecule has 2 aliphatic rings. The molecule has 0 bridgehead atoms. The van der Waals surface area contributed by atoms with Crippen molar-refractivity contribution in [2.24, 2.45) is 0 Å². The van der Waals surface area contributed by atoms with E-state index in [0.717, 1.165) is 25.7 Å². The number of aryl methyl sites for hydroxylation is 1. The van der Waals surface area contributed by atoms with Gasteiger partial charge in [0, 0.05) is 18.5 Å². The lowest BCUT2D eigenvalue weighted by Gasteiger charge is -2.23. The summed E-state index contributed by atoms with van der Waals surface area (Å²) in [5.74, 6) is -0.155. The van der Waals surface area contributed by atoms with Crippen LogP contribution in [-0.2, 0) is 19.4 Å². The standard InChI is InChI=1S/C21H30N2O5S/c1-14-10-17-18(28-13-21(25)23-17)12-19(14)29(26,27)15(2)11-20(24)22-16-8-6-4-3-5-7-9-16/h10,12,15-16H,3-9,11,13H2,1-2H3,(H,22,24)(H,23,25). The van der Waals surface area contributed by atoms with E-state index >= 15 is 0 Å². The van der Waals surface area contributed by atoms with Gasteiger partial charge in [-0.3, -0.25) is 9.59 Å². The van der Waals surface area contributed by atoms with Gasteiger partial charge in [-0.1, -0.05) is 32.1 Å². The van der Waals surface area contributed by atoms with E-state index in [1.807, 2.05) is 0 Å². The van der Waals surface area contributed by atoms with Crippen LogP contribution in [0.2, 0.25) is 0 Å². The second-order valence-electron chi connectivity index (χ2n) is 8.12. The maximum atomic E-state index is 13.1. The van der Waals surface area contributed by atoms with Crippen molar-refractivity contribution >= 4 is 27.3 Å². The minimum absolute atomic E-state index is 0.0764. The van der Waals surface area contributed by atoms with Crippen molar-refractivity contribution < 1.29 is 22.7 Å². The van der Waals surface area contributed by atoms with Crippen molar-refractivity contribution in [1.29, 1.82) is 0 Å². The number of ether oxygens (including phenoxy) is 1. The molecular weight excluding hydrogens is 392 g/mol. The molecular formula is C21H30N2O5S. The Labute approximate surface area is 172 Å². The molecule has 1 atom stereocenters. The van der Waals surface area contributed by atoms with Crippen molar-refractivity contribution in [3.63, 3.8) is 0 Å². The highest BCUT2D eigenvalue weighted by Gasteiger charge is 2.30. The number of sulfone groups is 1. The third-order valence-electron chi connectivity index (χ3n) is 5.69. The summed E-state index contributed by atoms with van der Waals surface area (Å²) in [6.07, 6.45) is 7.68. The first-order chi connectivity index (χ1) is 13.8. The van der Waals surface area contributed by atoms with Gasteiger partial charge in [-0.25, -0.2) is 8.42 Å². The number of fused-ring (bicyclic) bond motifs is 1. The summed E-state index contributed by atoms with van der Waals surface area (Å²) >= 11 is 0. The average Bonchev–Trinajstić information content (AvgIpc) is 2.62. The minimum atomic E-state index is -3.72. The van der Waals surface area contributed by atoms with E-state index in [4.69, 9.17) is 4.74 Å². The molecule has 0 aromatic heterocycles. The molecule has 1 saturated carbocycles. The van der Waals surface area contributed by atoms with Crippen LogP contribution in [-0.4, -0.2) is 38.1 Å². The van der Waals surface area contributed by atoms with Gasteiger partial charge in [0.1, 0.15) is 5.75 Å². The van der Waals surface area contributed by atoms with Gasteiger partial charge in [0.15, 0.2) is 16.4 Å². The van der Waals surface area contributed by atoms with E-state index in [1.54, 1.807) is 19.9 Å². The van der Waals surface area contributed by atoms with Crippen molar-refractivity contribution in [2.45, 2.75) is 81.4 Å². The fourth-order valence-electron chi connectivity index (χ4n) is 4.00. The van der Waals surface area contributed by atoms with Crippen LogP contribution in [0.3, 0.4) is 0 Å². The monoisotopic (exact) mass is 422 g/mol. The quantitative estimate of drug-likeness (QED) is 0.759. The SMILES string of the molecule is Cc1cc2c(cc1S(=O)(=O)C(C)CC(=O)NC1CCCCCCC1)OCC(=O)N2. The summed E-state index contributed by atoms with van der Waals surface area (Å²) in [5.41, 5.74) is 0.981. The molecule has 160 valence electrons. The molecule has 1 aliphatic carbocycles. The first-order valence-electron chi connectivity index (χ1n) is 10.4. The van der Waals surface area contributed by atoms with E-state index in [-0.39, 0.29) is 35.8 Å². The zero-order valence-corrected chi connectivity index (χ0v) is 17.9. The zero-order valence-electron chi connectivity index (χ0n) is 17.1. The Morgan fingerprint density at radius 2 is 1.86 bits per heavy atom. The summed E-state index contributed by atoms with van der Waals surface area (Å²) in [4.78, 5) is 24.1. The van der Waals surface area contributed by atoms with Crippen LogP contribution in [0.15, 0.2) is 17.0 Å². The Balaban J connectivity index is 1.68. The molecule has 0 spiro atoms. The molecule has 1 aliphatic heterocycles. The maximum Gasteiger partial charge on any atom is 0.262 e. The highest BCUT2D eigenvalue weighted by molar-refractivity contribution is 7.92. The topological polar surface area (TPSA) is 102 Å². The molecule has 8 heteroatoms. The first kappa shape index (κ1) is 21.6. The van der Waals surface area contributed by atoms with Gasteiger partial charge in [-0.2, -0.15) is 0 Å². The van der Waals surface area contributed by atoms with Crippen molar-refractivity contribution in [3.8, 4) is 5.75 Å². The Kier molecular flexibility index (Phi) is 6.82. The first-order valence-corrected chi connectivity index (χ1v) is 11.9. The highest BCUT2D eigenvalue weighted by Crippen LogP contribution is 2.34. The Hall–Kier alpha value is -2.09. The molecule has 1 fully saturated rings. The third kappa shape index (κ3) is 5.29. The Morgan fingerprint density at radius 3 is 2.55 bits per heavy atom. The van der Waals surface area contributed by atoms with Crippen molar-refractivity contribution in [3.05, 3.63) is 17.7 Å². The number of carbonyl (C=O) groups excluding carboxylic acids is 2. The molecule has 2 amide bonds. The van der Waals surface area contributed by atoms with Gasteiger partial charge in [0.05, 0.1) is 15.8 Å². The van der Waals surface area contributed by atoms with Gasteiger partial charge < -0.3 is 15.4 Å². The summed E-state index contributed by atoms with van der Waals surface area (Å²) < 4.78 is 31.6. The molecule has 1 aromatic carbocycles. The van der Waals surface area contributed by atoms with Crippen LogP contribution in [0.4, 0.5) is 5.69 Å². The van der Waals surface area contributed by atoms with Gasteiger partial charge in [0.2, 0.25) is 5.91 Å². The van der Waals surface area contributed by atoms with Crippen LogP contribution in [0, 0.1) is 6.92 Å². The number of rotatable bonds is 5. The van der Waals surface area contributed by atoms with E-state index in [2.05, 4.69) is 10.6 Å². The van der Waals surface area contributed by atoms with Crippen LogP contribution >= 0.6 is 0 Å². The summed E-state index contributed by atoms with van der Waals surface area (Å²) in [7, 11) is -3.72. The van der Waals surface area contributed by atoms with Crippen molar-refractivity contribution in [2.75, 3.05) is 11.9 Å². The zero-order chi connectivity index (χ0) is 21.0. The van der Waals surface area contributed by atoms with Crippen LogP contribution in [0.1, 0.15) is 63.9 Å². The van der Waals surface area contributed by atoms with Gasteiger partial charge in [-0.15, -0.1) is 0 Å². The molecule has 1 heterocycles. The lowest BCUT2D eigenvalue weighted by Crippen LogP contribution is -2.38. The van der Waals surface area contributed by atoms with Gasteiger partial charge >= 0.3 is 0 Å². The second kappa shape index (κ2) is 9.15. The van der Waals surface area contributed by atoms with Crippen LogP contribution in [0.25, 0.3) is 0 Å². The molecule has 0 saturated heterocycles. The van der Waals surface area contributed by atoms with E-state index in [1.165, 1.54) is 25.3 Å². The Morgan fingerprint density at radius 1 is 1.21 bits per heavy atom. The fraction of sp³-hybridized carbons (Fsp3) is 0.619. The molecule has 2 N–H and O–H groups in total. The summed E-state index contributed by atoms with van der Waals surface area (Å²) in [6.45, 7) is 3.10. The number of hydrogen-bond donors (Lipinski definition) is 2. The van der Waals surface area contributed by atoms with Crippen LogP contribution < -0.4 is 15.4 Å². The molecule has 29 heavy (non-hydrogen) atoms. The van der Waals surface area contributed by atoms with Crippen LogP contribution in [0.5, 0.6) is 5.75 Å². The molecule has 3 rings (SSSR count). The third-order valence-corrected chi connectivity index (χ3v) is 7.97. The molecule has 1 aromatic rings.